The number of carbonyl (C=O) groups is 1. The predicted octanol–water partition coefficient (Wildman–Crippen LogP) is 2.60. The van der Waals surface area contributed by atoms with Gasteiger partial charge in [0.2, 0.25) is 0 Å². The molecule has 1 saturated heterocycles. The van der Waals surface area contributed by atoms with Gasteiger partial charge in [0.05, 0.1) is 17.9 Å². The molecule has 22 heavy (non-hydrogen) atoms. The van der Waals surface area contributed by atoms with Crippen LogP contribution in [0.25, 0.3) is 11.3 Å². The second-order valence-corrected chi connectivity index (χ2v) is 5.69. The molecule has 2 aromatic rings. The van der Waals surface area contributed by atoms with Crippen molar-refractivity contribution in [3.05, 3.63) is 42.1 Å². The molecule has 1 unspecified atom stereocenters. The zero-order valence-electron chi connectivity index (χ0n) is 12.8. The van der Waals surface area contributed by atoms with E-state index >= 15 is 0 Å². The van der Waals surface area contributed by atoms with E-state index in [9.17, 15) is 4.79 Å². The normalized spacial score (nSPS) is 18.1. The number of amides is 1. The maximum Gasteiger partial charge on any atom is 0.251 e. The molecule has 0 bridgehead atoms. The molecule has 1 N–H and O–H groups in total. The molecule has 1 aromatic heterocycles. The van der Waals surface area contributed by atoms with E-state index in [-0.39, 0.29) is 12.0 Å². The van der Waals surface area contributed by atoms with Crippen molar-refractivity contribution >= 4 is 5.91 Å². The van der Waals surface area contributed by atoms with E-state index in [4.69, 9.17) is 4.74 Å². The molecule has 1 aliphatic rings. The number of rotatable bonds is 4. The van der Waals surface area contributed by atoms with E-state index in [0.717, 1.165) is 36.2 Å². The highest BCUT2D eigenvalue weighted by Gasteiger charge is 2.25. The summed E-state index contributed by atoms with van der Waals surface area (Å²) < 4.78 is 5.56. The Morgan fingerprint density at radius 3 is 2.91 bits per heavy atom. The van der Waals surface area contributed by atoms with Crippen LogP contribution in [0.2, 0.25) is 0 Å². The van der Waals surface area contributed by atoms with Gasteiger partial charge in [0, 0.05) is 19.2 Å². The van der Waals surface area contributed by atoms with E-state index in [0.29, 0.717) is 13.2 Å². The molecule has 5 heteroatoms. The summed E-state index contributed by atoms with van der Waals surface area (Å²) >= 11 is 0. The van der Waals surface area contributed by atoms with Gasteiger partial charge in [-0.25, -0.2) is 0 Å². The van der Waals surface area contributed by atoms with Crippen molar-refractivity contribution < 1.29 is 9.53 Å². The van der Waals surface area contributed by atoms with Crippen molar-refractivity contribution in [3.8, 4) is 11.3 Å². The Hall–Kier alpha value is -2.14. The zero-order chi connectivity index (χ0) is 15.4. The third kappa shape index (κ3) is 3.36. The average molecular weight is 299 g/mol. The Labute approximate surface area is 130 Å². The summed E-state index contributed by atoms with van der Waals surface area (Å²) in [6, 6.07) is 12.0. The fourth-order valence-electron chi connectivity index (χ4n) is 2.71. The summed E-state index contributed by atoms with van der Waals surface area (Å²) in [5, 5.41) is 7.33. The lowest BCUT2D eigenvalue weighted by Gasteiger charge is -2.26. The van der Waals surface area contributed by atoms with Crippen LogP contribution in [0.15, 0.2) is 36.4 Å². The van der Waals surface area contributed by atoms with Gasteiger partial charge >= 0.3 is 0 Å². The number of aromatic nitrogens is 2. The fourth-order valence-corrected chi connectivity index (χ4v) is 2.71. The molecule has 1 atom stereocenters. The predicted molar refractivity (Wildman–Crippen MR) is 84.1 cm³/mol. The van der Waals surface area contributed by atoms with E-state index < -0.39 is 0 Å². The first-order chi connectivity index (χ1) is 10.7. The molecule has 1 aliphatic heterocycles. The Kier molecular flexibility index (Phi) is 4.53. The minimum atomic E-state index is -0.282. The minimum absolute atomic E-state index is 0.0514. The molecular formula is C17H21N3O2. The van der Waals surface area contributed by atoms with Gasteiger partial charge in [-0.1, -0.05) is 30.3 Å². The first-order valence-corrected chi connectivity index (χ1v) is 7.70. The molecule has 2 heterocycles. The summed E-state index contributed by atoms with van der Waals surface area (Å²) in [5.41, 5.74) is 2.88. The van der Waals surface area contributed by atoms with E-state index in [1.54, 1.807) is 4.90 Å². The third-order valence-corrected chi connectivity index (χ3v) is 3.94. The highest BCUT2D eigenvalue weighted by molar-refractivity contribution is 5.80. The molecule has 0 saturated carbocycles. The van der Waals surface area contributed by atoms with Gasteiger partial charge in [0.15, 0.2) is 0 Å². The highest BCUT2D eigenvalue weighted by atomic mass is 16.5. The van der Waals surface area contributed by atoms with Crippen molar-refractivity contribution in [3.63, 3.8) is 0 Å². The number of nitrogens with zero attached hydrogens (tertiary/aromatic N) is 2. The van der Waals surface area contributed by atoms with Crippen LogP contribution in [0.4, 0.5) is 0 Å². The minimum Gasteiger partial charge on any atom is -0.368 e. The molecule has 1 amide bonds. The highest BCUT2D eigenvalue weighted by Crippen LogP contribution is 2.19. The first-order valence-electron chi connectivity index (χ1n) is 7.70. The van der Waals surface area contributed by atoms with Crippen LogP contribution in [0.1, 0.15) is 25.0 Å². The zero-order valence-corrected chi connectivity index (χ0v) is 12.8. The average Bonchev–Trinajstić information content (AvgIpc) is 3.04. The molecule has 5 nitrogen and oxygen atoms in total. The van der Waals surface area contributed by atoms with E-state index in [1.165, 1.54) is 0 Å². The van der Waals surface area contributed by atoms with Crippen LogP contribution < -0.4 is 0 Å². The van der Waals surface area contributed by atoms with Crippen LogP contribution in [0.5, 0.6) is 0 Å². The number of likely N-dealkylation sites (N-methyl/N-ethyl adjacent to an activating group) is 1. The second-order valence-electron chi connectivity index (χ2n) is 5.69. The lowest BCUT2D eigenvalue weighted by molar-refractivity contribution is -0.145. The third-order valence-electron chi connectivity index (χ3n) is 3.94. The van der Waals surface area contributed by atoms with Crippen molar-refractivity contribution in [2.45, 2.75) is 31.9 Å². The Bertz CT molecular complexity index is 618. The number of carbonyl (C=O) groups excluding carboxylic acids is 1. The maximum atomic E-state index is 12.3. The number of ether oxygens (including phenoxy) is 1. The number of hydrogen-bond donors (Lipinski definition) is 1. The number of aromatic amines is 1. The molecule has 1 aromatic carbocycles. The molecular weight excluding hydrogens is 278 g/mol. The number of H-pyrrole nitrogens is 1. The summed E-state index contributed by atoms with van der Waals surface area (Å²) in [6.45, 7) is 1.20. The van der Waals surface area contributed by atoms with Gasteiger partial charge in [0.25, 0.3) is 5.91 Å². The monoisotopic (exact) mass is 299 g/mol. The van der Waals surface area contributed by atoms with Crippen LogP contribution >= 0.6 is 0 Å². The quantitative estimate of drug-likeness (QED) is 0.944. The molecule has 0 spiro atoms. The fraction of sp³-hybridized carbons (Fsp3) is 0.412. The summed E-state index contributed by atoms with van der Waals surface area (Å²) in [6.07, 6.45) is 2.65. The Morgan fingerprint density at radius 1 is 1.36 bits per heavy atom. The van der Waals surface area contributed by atoms with Gasteiger partial charge in [-0.15, -0.1) is 0 Å². The van der Waals surface area contributed by atoms with Gasteiger partial charge in [-0.05, 0) is 25.3 Å². The molecule has 116 valence electrons. The summed E-state index contributed by atoms with van der Waals surface area (Å²) in [7, 11) is 1.81. The van der Waals surface area contributed by atoms with Crippen molar-refractivity contribution in [2.75, 3.05) is 13.7 Å². The number of benzene rings is 1. The van der Waals surface area contributed by atoms with Gasteiger partial charge in [-0.2, -0.15) is 5.10 Å². The summed E-state index contributed by atoms with van der Waals surface area (Å²) in [5.74, 6) is 0.0514. The standard InChI is InChI=1S/C17H21N3O2/c1-20(17(21)16-9-5-6-10-22-16)12-14-11-15(19-18-14)13-7-3-2-4-8-13/h2-4,7-8,11,16H,5-6,9-10,12H2,1H3,(H,18,19). The van der Waals surface area contributed by atoms with E-state index in [1.807, 2.05) is 43.4 Å². The van der Waals surface area contributed by atoms with Crippen molar-refractivity contribution in [1.29, 1.82) is 0 Å². The lowest BCUT2D eigenvalue weighted by atomic mass is 10.1. The van der Waals surface area contributed by atoms with Crippen LogP contribution in [0, 0.1) is 0 Å². The van der Waals surface area contributed by atoms with Crippen molar-refractivity contribution in [1.82, 2.24) is 15.1 Å². The Morgan fingerprint density at radius 2 is 2.18 bits per heavy atom. The van der Waals surface area contributed by atoms with Gasteiger partial charge in [0.1, 0.15) is 6.10 Å². The van der Waals surface area contributed by atoms with Crippen LogP contribution in [-0.2, 0) is 16.1 Å². The lowest BCUT2D eigenvalue weighted by Crippen LogP contribution is -2.39. The first kappa shape index (κ1) is 14.8. The molecule has 0 radical (unpaired) electrons. The van der Waals surface area contributed by atoms with Crippen LogP contribution in [0.3, 0.4) is 0 Å². The SMILES string of the molecule is CN(Cc1cc(-c2ccccc2)n[nH]1)C(=O)C1CCCCO1. The smallest absolute Gasteiger partial charge is 0.251 e. The molecule has 3 rings (SSSR count). The second kappa shape index (κ2) is 6.75. The molecule has 1 fully saturated rings. The summed E-state index contributed by atoms with van der Waals surface area (Å²) in [4.78, 5) is 14.1. The largest absolute Gasteiger partial charge is 0.368 e. The van der Waals surface area contributed by atoms with Crippen LogP contribution in [-0.4, -0.2) is 40.8 Å². The topological polar surface area (TPSA) is 58.2 Å². The number of hydrogen-bond acceptors (Lipinski definition) is 3. The van der Waals surface area contributed by atoms with Gasteiger partial charge in [-0.3, -0.25) is 9.89 Å². The van der Waals surface area contributed by atoms with E-state index in [2.05, 4.69) is 10.2 Å². The Balaban J connectivity index is 1.63. The molecule has 0 aliphatic carbocycles. The number of nitrogens with one attached hydrogen (secondary N) is 1. The maximum absolute atomic E-state index is 12.3. The van der Waals surface area contributed by atoms with Crippen molar-refractivity contribution in [2.24, 2.45) is 0 Å². The van der Waals surface area contributed by atoms with Gasteiger partial charge < -0.3 is 9.64 Å².